The predicted molar refractivity (Wildman–Crippen MR) is 84.0 cm³/mol. The molecule has 1 unspecified atom stereocenters. The molecule has 0 aliphatic carbocycles. The van der Waals surface area contributed by atoms with Gasteiger partial charge in [-0.05, 0) is 37.0 Å². The van der Waals surface area contributed by atoms with Crippen molar-refractivity contribution < 1.29 is 0 Å². The summed E-state index contributed by atoms with van der Waals surface area (Å²) in [5, 5.41) is 1.70. The van der Waals surface area contributed by atoms with Crippen molar-refractivity contribution in [2.45, 2.75) is 50.4 Å². The summed E-state index contributed by atoms with van der Waals surface area (Å²) in [4.78, 5) is 2.55. The number of rotatable bonds is 3. The van der Waals surface area contributed by atoms with Gasteiger partial charge < -0.3 is 4.90 Å². The highest BCUT2D eigenvalue weighted by Gasteiger charge is 2.20. The van der Waals surface area contributed by atoms with E-state index in [1.807, 2.05) is 0 Å². The SMILES string of the molecule is CCC1CCCCCN1c1ccc(CBr)c(Cl)c1. The smallest absolute Gasteiger partial charge is 0.0467 e. The molecule has 1 aromatic carbocycles. The van der Waals surface area contributed by atoms with Crippen molar-refractivity contribution in [1.82, 2.24) is 0 Å². The van der Waals surface area contributed by atoms with Crippen LogP contribution in [-0.4, -0.2) is 12.6 Å². The van der Waals surface area contributed by atoms with E-state index in [9.17, 15) is 0 Å². The molecule has 1 aliphatic heterocycles. The molecule has 0 N–H and O–H groups in total. The molecule has 1 aliphatic rings. The van der Waals surface area contributed by atoms with Gasteiger partial charge >= 0.3 is 0 Å². The first-order chi connectivity index (χ1) is 8.76. The maximum Gasteiger partial charge on any atom is 0.0467 e. The Morgan fingerprint density at radius 1 is 1.33 bits per heavy atom. The highest BCUT2D eigenvalue weighted by molar-refractivity contribution is 9.08. The van der Waals surface area contributed by atoms with E-state index in [0.717, 1.165) is 10.4 Å². The number of anilines is 1. The first-order valence-corrected chi connectivity index (χ1v) is 8.37. The number of nitrogens with zero attached hydrogens (tertiary/aromatic N) is 1. The van der Waals surface area contributed by atoms with Gasteiger partial charge in [0, 0.05) is 28.6 Å². The minimum Gasteiger partial charge on any atom is -0.369 e. The van der Waals surface area contributed by atoms with E-state index in [4.69, 9.17) is 11.6 Å². The minimum atomic E-state index is 0.679. The molecule has 1 saturated heterocycles. The zero-order valence-electron chi connectivity index (χ0n) is 11.0. The third-order valence-electron chi connectivity index (χ3n) is 3.86. The fourth-order valence-electron chi connectivity index (χ4n) is 2.76. The standard InChI is InChI=1S/C15H21BrClN/c1-2-13-6-4-3-5-9-18(13)14-8-7-12(11-16)15(17)10-14/h7-8,10,13H,2-6,9,11H2,1H3. The number of hydrogen-bond acceptors (Lipinski definition) is 1. The molecule has 0 radical (unpaired) electrons. The second-order valence-corrected chi connectivity index (χ2v) is 5.98. The normalized spacial score (nSPS) is 20.8. The zero-order valence-corrected chi connectivity index (χ0v) is 13.3. The first-order valence-electron chi connectivity index (χ1n) is 6.87. The average Bonchev–Trinajstić information content (AvgIpc) is 2.63. The van der Waals surface area contributed by atoms with Gasteiger partial charge in [0.25, 0.3) is 0 Å². The second kappa shape index (κ2) is 6.81. The quantitative estimate of drug-likeness (QED) is 0.671. The molecule has 1 aromatic rings. The van der Waals surface area contributed by atoms with E-state index in [1.165, 1.54) is 49.9 Å². The third-order valence-corrected chi connectivity index (χ3v) is 4.82. The van der Waals surface area contributed by atoms with Crippen molar-refractivity contribution in [3.8, 4) is 0 Å². The Morgan fingerprint density at radius 2 is 2.17 bits per heavy atom. The van der Waals surface area contributed by atoms with Gasteiger partial charge in [-0.1, -0.05) is 53.4 Å². The van der Waals surface area contributed by atoms with E-state index in [-0.39, 0.29) is 0 Å². The maximum absolute atomic E-state index is 6.32. The van der Waals surface area contributed by atoms with Crippen molar-refractivity contribution in [3.63, 3.8) is 0 Å². The highest BCUT2D eigenvalue weighted by Crippen LogP contribution is 2.30. The average molecular weight is 331 g/mol. The van der Waals surface area contributed by atoms with Crippen LogP contribution in [0, 0.1) is 0 Å². The lowest BCUT2D eigenvalue weighted by Crippen LogP contribution is -2.34. The van der Waals surface area contributed by atoms with Crippen LogP contribution < -0.4 is 4.90 Å². The van der Waals surface area contributed by atoms with Gasteiger partial charge in [0.1, 0.15) is 0 Å². The lowest BCUT2D eigenvalue weighted by Gasteiger charge is -2.31. The van der Waals surface area contributed by atoms with Crippen molar-refractivity contribution in [2.24, 2.45) is 0 Å². The molecule has 100 valence electrons. The Morgan fingerprint density at radius 3 is 2.83 bits per heavy atom. The lowest BCUT2D eigenvalue weighted by molar-refractivity contribution is 0.556. The van der Waals surface area contributed by atoms with Crippen LogP contribution in [-0.2, 0) is 5.33 Å². The zero-order chi connectivity index (χ0) is 13.0. The molecule has 3 heteroatoms. The van der Waals surface area contributed by atoms with Crippen LogP contribution in [0.3, 0.4) is 0 Å². The van der Waals surface area contributed by atoms with Crippen LogP contribution in [0.25, 0.3) is 0 Å². The largest absolute Gasteiger partial charge is 0.369 e. The lowest BCUT2D eigenvalue weighted by atomic mass is 10.1. The second-order valence-electron chi connectivity index (χ2n) is 5.01. The minimum absolute atomic E-state index is 0.679. The monoisotopic (exact) mass is 329 g/mol. The Bertz CT molecular complexity index is 394. The van der Waals surface area contributed by atoms with Crippen molar-refractivity contribution >= 4 is 33.2 Å². The number of benzene rings is 1. The molecule has 1 heterocycles. The molecule has 1 atom stereocenters. The Kier molecular flexibility index (Phi) is 5.38. The Labute approximate surface area is 124 Å². The Balaban J connectivity index is 2.24. The van der Waals surface area contributed by atoms with E-state index in [1.54, 1.807) is 0 Å². The summed E-state index contributed by atoms with van der Waals surface area (Å²) in [7, 11) is 0. The van der Waals surface area contributed by atoms with E-state index in [0.29, 0.717) is 6.04 Å². The molecule has 0 amide bonds. The fraction of sp³-hybridized carbons (Fsp3) is 0.600. The van der Waals surface area contributed by atoms with Gasteiger partial charge in [0.15, 0.2) is 0 Å². The number of hydrogen-bond donors (Lipinski definition) is 0. The van der Waals surface area contributed by atoms with Crippen molar-refractivity contribution in [2.75, 3.05) is 11.4 Å². The fourth-order valence-corrected chi connectivity index (χ4v) is 3.66. The number of halogens is 2. The van der Waals surface area contributed by atoms with Gasteiger partial charge in [0.05, 0.1) is 0 Å². The molecule has 1 fully saturated rings. The summed E-state index contributed by atoms with van der Waals surface area (Å²) in [6.45, 7) is 3.46. The molecule has 18 heavy (non-hydrogen) atoms. The molecule has 0 aromatic heterocycles. The van der Waals surface area contributed by atoms with Crippen molar-refractivity contribution in [3.05, 3.63) is 28.8 Å². The third kappa shape index (κ3) is 3.21. The van der Waals surface area contributed by atoms with Gasteiger partial charge in [-0.2, -0.15) is 0 Å². The van der Waals surface area contributed by atoms with Gasteiger partial charge in [0.2, 0.25) is 0 Å². The summed E-state index contributed by atoms with van der Waals surface area (Å²) in [5.41, 5.74) is 2.46. The number of alkyl halides is 1. The topological polar surface area (TPSA) is 3.24 Å². The van der Waals surface area contributed by atoms with Crippen molar-refractivity contribution in [1.29, 1.82) is 0 Å². The van der Waals surface area contributed by atoms with E-state index < -0.39 is 0 Å². The molecule has 2 rings (SSSR count). The molecule has 0 saturated carbocycles. The van der Waals surface area contributed by atoms with Crippen LogP contribution in [0.2, 0.25) is 5.02 Å². The maximum atomic E-state index is 6.32. The van der Waals surface area contributed by atoms with Crippen LogP contribution in [0.4, 0.5) is 5.69 Å². The Hall–Kier alpha value is -0.210. The van der Waals surface area contributed by atoms with Crippen LogP contribution in [0.1, 0.15) is 44.6 Å². The summed E-state index contributed by atoms with van der Waals surface area (Å²) in [6, 6.07) is 7.17. The van der Waals surface area contributed by atoms with Crippen LogP contribution >= 0.6 is 27.5 Å². The van der Waals surface area contributed by atoms with Gasteiger partial charge in [-0.25, -0.2) is 0 Å². The van der Waals surface area contributed by atoms with Crippen LogP contribution in [0.15, 0.2) is 18.2 Å². The molecular weight excluding hydrogens is 310 g/mol. The van der Waals surface area contributed by atoms with Gasteiger partial charge in [-0.15, -0.1) is 0 Å². The molecule has 0 spiro atoms. The van der Waals surface area contributed by atoms with Crippen LogP contribution in [0.5, 0.6) is 0 Å². The molecular formula is C15H21BrClN. The summed E-state index contributed by atoms with van der Waals surface area (Å²) in [6.07, 6.45) is 6.56. The predicted octanol–water partition coefficient (Wildman–Crippen LogP) is 5.39. The summed E-state index contributed by atoms with van der Waals surface area (Å²) >= 11 is 9.79. The van der Waals surface area contributed by atoms with E-state index in [2.05, 4.69) is 46.0 Å². The highest BCUT2D eigenvalue weighted by atomic mass is 79.9. The molecule has 1 nitrogen and oxygen atoms in total. The summed E-state index contributed by atoms with van der Waals surface area (Å²) in [5.74, 6) is 0. The summed E-state index contributed by atoms with van der Waals surface area (Å²) < 4.78 is 0. The van der Waals surface area contributed by atoms with Gasteiger partial charge in [-0.3, -0.25) is 0 Å². The van der Waals surface area contributed by atoms with E-state index >= 15 is 0 Å². The first kappa shape index (κ1) is 14.2. The molecule has 0 bridgehead atoms.